The summed E-state index contributed by atoms with van der Waals surface area (Å²) in [6.07, 6.45) is 3.24. The molecule has 0 aliphatic heterocycles. The molecule has 7 N–H and O–H groups in total. The maximum absolute atomic E-state index is 12.0. The quantitative estimate of drug-likeness (QED) is 0.327. The summed E-state index contributed by atoms with van der Waals surface area (Å²) in [6, 6.07) is 9.58. The average molecular weight is 313 g/mol. The van der Waals surface area contributed by atoms with Crippen LogP contribution in [0.3, 0.4) is 0 Å². The lowest BCUT2D eigenvalue weighted by molar-refractivity contribution is -0.111. The van der Waals surface area contributed by atoms with Gasteiger partial charge in [-0.05, 0) is 54.5 Å². The Balaban J connectivity index is 2.13. The predicted molar refractivity (Wildman–Crippen MR) is 91.8 cm³/mol. The number of aliphatic hydroxyl groups excluding tert-OH is 1. The first-order valence-corrected chi connectivity index (χ1v) is 7.06. The molecule has 0 heterocycles. The van der Waals surface area contributed by atoms with Crippen molar-refractivity contribution in [2.45, 2.75) is 6.42 Å². The van der Waals surface area contributed by atoms with E-state index >= 15 is 0 Å². The second-order valence-electron chi connectivity index (χ2n) is 5.03. The fourth-order valence-corrected chi connectivity index (χ4v) is 2.11. The van der Waals surface area contributed by atoms with Gasteiger partial charge >= 0.3 is 0 Å². The highest BCUT2D eigenvalue weighted by molar-refractivity contribution is 6.02. The minimum atomic E-state index is -0.350. The molecule has 1 amide bonds. The van der Waals surface area contributed by atoms with Crippen molar-refractivity contribution in [3.8, 4) is 5.75 Å². The number of carbonyl (C=O) groups is 1. The molecule has 6 heteroatoms. The highest BCUT2D eigenvalue weighted by atomic mass is 16.3. The summed E-state index contributed by atoms with van der Waals surface area (Å²) in [6.45, 7) is -0.0397. The van der Waals surface area contributed by atoms with Crippen LogP contribution in [0.5, 0.6) is 5.75 Å². The molecule has 0 unspecified atom stereocenters. The SMILES string of the molecule is Nc1ccc(NC(=O)C=Cc2cc(O)ccc2N)c(CCO)c1. The van der Waals surface area contributed by atoms with Crippen molar-refractivity contribution in [3.63, 3.8) is 0 Å². The molecule has 0 saturated carbocycles. The summed E-state index contributed by atoms with van der Waals surface area (Å²) in [7, 11) is 0. The van der Waals surface area contributed by atoms with Gasteiger partial charge in [0.2, 0.25) is 5.91 Å². The van der Waals surface area contributed by atoms with Gasteiger partial charge in [0.1, 0.15) is 5.75 Å². The molecule has 23 heavy (non-hydrogen) atoms. The number of rotatable bonds is 5. The number of aliphatic hydroxyl groups is 1. The molecule has 0 spiro atoms. The molecule has 2 aromatic carbocycles. The number of anilines is 3. The monoisotopic (exact) mass is 313 g/mol. The third-order valence-electron chi connectivity index (χ3n) is 3.25. The van der Waals surface area contributed by atoms with E-state index in [4.69, 9.17) is 16.6 Å². The number of carbonyl (C=O) groups excluding carboxylic acids is 1. The number of phenols is 1. The number of hydrogen-bond donors (Lipinski definition) is 5. The third kappa shape index (κ3) is 4.49. The van der Waals surface area contributed by atoms with Crippen LogP contribution in [0.2, 0.25) is 0 Å². The Morgan fingerprint density at radius 2 is 1.96 bits per heavy atom. The van der Waals surface area contributed by atoms with Crippen LogP contribution in [0.25, 0.3) is 6.08 Å². The second-order valence-corrected chi connectivity index (χ2v) is 5.03. The lowest BCUT2D eigenvalue weighted by Gasteiger charge is -2.10. The zero-order valence-electron chi connectivity index (χ0n) is 12.5. The van der Waals surface area contributed by atoms with Gasteiger partial charge in [-0.1, -0.05) is 0 Å². The number of hydrogen-bond acceptors (Lipinski definition) is 5. The van der Waals surface area contributed by atoms with Crippen molar-refractivity contribution in [1.29, 1.82) is 0 Å². The standard InChI is InChI=1S/C17H19N3O3/c18-13-2-5-16(12(9-13)7-8-21)20-17(23)6-1-11-10-14(22)3-4-15(11)19/h1-6,9-10,21-22H,7-8,18-19H2,(H,20,23). The average Bonchev–Trinajstić information content (AvgIpc) is 2.51. The Hall–Kier alpha value is -2.99. The van der Waals surface area contributed by atoms with Crippen molar-refractivity contribution in [3.05, 3.63) is 53.6 Å². The minimum Gasteiger partial charge on any atom is -0.508 e. The summed E-state index contributed by atoms with van der Waals surface area (Å²) in [5, 5.41) is 21.2. The topological polar surface area (TPSA) is 122 Å². The Kier molecular flexibility index (Phi) is 5.22. The van der Waals surface area contributed by atoms with E-state index in [0.717, 1.165) is 5.56 Å². The molecular formula is C17H19N3O3. The third-order valence-corrected chi connectivity index (χ3v) is 3.25. The number of amides is 1. The normalized spacial score (nSPS) is 10.8. The molecule has 0 bridgehead atoms. The Labute approximate surface area is 134 Å². The zero-order valence-corrected chi connectivity index (χ0v) is 12.5. The van der Waals surface area contributed by atoms with Crippen LogP contribution in [0, 0.1) is 0 Å². The smallest absolute Gasteiger partial charge is 0.248 e. The fraction of sp³-hybridized carbons (Fsp3) is 0.118. The van der Waals surface area contributed by atoms with Crippen LogP contribution in [0.15, 0.2) is 42.5 Å². The van der Waals surface area contributed by atoms with Crippen LogP contribution in [0.4, 0.5) is 17.1 Å². The van der Waals surface area contributed by atoms with Crippen molar-refractivity contribution >= 4 is 29.0 Å². The van der Waals surface area contributed by atoms with Crippen LogP contribution in [-0.4, -0.2) is 22.7 Å². The summed E-state index contributed by atoms with van der Waals surface area (Å²) in [5.74, 6) is -0.278. The van der Waals surface area contributed by atoms with Gasteiger partial charge in [-0.2, -0.15) is 0 Å². The van der Waals surface area contributed by atoms with E-state index in [0.29, 0.717) is 29.0 Å². The van der Waals surface area contributed by atoms with E-state index in [9.17, 15) is 9.90 Å². The Morgan fingerprint density at radius 1 is 1.17 bits per heavy atom. The molecule has 6 nitrogen and oxygen atoms in total. The molecule has 2 rings (SSSR count). The van der Waals surface area contributed by atoms with E-state index in [-0.39, 0.29) is 18.3 Å². The largest absolute Gasteiger partial charge is 0.508 e. The van der Waals surface area contributed by atoms with Gasteiger partial charge in [-0.15, -0.1) is 0 Å². The predicted octanol–water partition coefficient (Wildman–Crippen LogP) is 1.74. The van der Waals surface area contributed by atoms with E-state index < -0.39 is 0 Å². The lowest BCUT2D eigenvalue weighted by Crippen LogP contribution is -2.10. The second kappa shape index (κ2) is 7.33. The lowest BCUT2D eigenvalue weighted by atomic mass is 10.1. The number of aromatic hydroxyl groups is 1. The van der Waals surface area contributed by atoms with Gasteiger partial charge in [-0.3, -0.25) is 4.79 Å². The highest BCUT2D eigenvalue weighted by Gasteiger charge is 2.06. The first-order chi connectivity index (χ1) is 11.0. The van der Waals surface area contributed by atoms with Crippen molar-refractivity contribution in [2.75, 3.05) is 23.4 Å². The van der Waals surface area contributed by atoms with Gasteiger partial charge in [0.05, 0.1) is 0 Å². The van der Waals surface area contributed by atoms with Gasteiger partial charge in [0.25, 0.3) is 0 Å². The molecule has 0 fully saturated rings. The molecule has 0 aromatic heterocycles. The maximum atomic E-state index is 12.0. The van der Waals surface area contributed by atoms with Crippen LogP contribution in [0.1, 0.15) is 11.1 Å². The molecule has 0 aliphatic rings. The summed E-state index contributed by atoms with van der Waals surface area (Å²) >= 11 is 0. The van der Waals surface area contributed by atoms with E-state index in [1.54, 1.807) is 24.3 Å². The van der Waals surface area contributed by atoms with E-state index in [1.807, 2.05) is 0 Å². The molecule has 0 saturated heterocycles. The molecule has 120 valence electrons. The van der Waals surface area contributed by atoms with Gasteiger partial charge < -0.3 is 27.0 Å². The Morgan fingerprint density at radius 3 is 2.70 bits per heavy atom. The van der Waals surface area contributed by atoms with Crippen LogP contribution in [-0.2, 0) is 11.2 Å². The Bertz CT molecular complexity index is 742. The number of nitrogen functional groups attached to an aromatic ring is 2. The van der Waals surface area contributed by atoms with Crippen molar-refractivity contribution < 1.29 is 15.0 Å². The molecule has 2 aromatic rings. The highest BCUT2D eigenvalue weighted by Crippen LogP contribution is 2.21. The molecule has 0 aliphatic carbocycles. The summed E-state index contributed by atoms with van der Waals surface area (Å²) in [4.78, 5) is 12.0. The van der Waals surface area contributed by atoms with Crippen molar-refractivity contribution in [1.82, 2.24) is 0 Å². The van der Waals surface area contributed by atoms with Crippen LogP contribution < -0.4 is 16.8 Å². The first-order valence-electron chi connectivity index (χ1n) is 7.06. The molecule has 0 radical (unpaired) electrons. The van der Waals surface area contributed by atoms with E-state index in [1.165, 1.54) is 24.3 Å². The first kappa shape index (κ1) is 16.4. The number of phenolic OH excluding ortho intramolecular Hbond substituents is 1. The van der Waals surface area contributed by atoms with Gasteiger partial charge in [0, 0.05) is 35.3 Å². The fourth-order valence-electron chi connectivity index (χ4n) is 2.11. The number of nitrogens with two attached hydrogens (primary N) is 2. The molecule has 0 atom stereocenters. The van der Waals surface area contributed by atoms with Gasteiger partial charge in [-0.25, -0.2) is 0 Å². The molecular weight excluding hydrogens is 294 g/mol. The van der Waals surface area contributed by atoms with Crippen LogP contribution >= 0.6 is 0 Å². The van der Waals surface area contributed by atoms with E-state index in [2.05, 4.69) is 5.32 Å². The summed E-state index contributed by atoms with van der Waals surface area (Å²) < 4.78 is 0. The minimum absolute atomic E-state index is 0.0397. The van der Waals surface area contributed by atoms with Gasteiger partial charge in [0.15, 0.2) is 0 Å². The zero-order chi connectivity index (χ0) is 16.8. The number of nitrogens with one attached hydrogen (secondary N) is 1. The van der Waals surface area contributed by atoms with Crippen molar-refractivity contribution in [2.24, 2.45) is 0 Å². The number of benzene rings is 2. The maximum Gasteiger partial charge on any atom is 0.248 e. The summed E-state index contributed by atoms with van der Waals surface area (Å²) in [5.41, 5.74) is 14.4.